The summed E-state index contributed by atoms with van der Waals surface area (Å²) in [7, 11) is 0. The lowest BCUT2D eigenvalue weighted by atomic mass is 10.1. The van der Waals surface area contributed by atoms with Crippen molar-refractivity contribution in [2.45, 2.75) is 18.9 Å². The Morgan fingerprint density at radius 1 is 1.45 bits per heavy atom. The number of fused-ring (bicyclic) bond motifs is 1. The molecule has 3 rings (SSSR count). The van der Waals surface area contributed by atoms with Gasteiger partial charge in [0.2, 0.25) is 0 Å². The van der Waals surface area contributed by atoms with E-state index >= 15 is 0 Å². The fourth-order valence-electron chi connectivity index (χ4n) is 2.52. The van der Waals surface area contributed by atoms with Crippen LogP contribution in [0.3, 0.4) is 0 Å². The molecule has 0 amide bonds. The van der Waals surface area contributed by atoms with Gasteiger partial charge in [0.05, 0.1) is 12.6 Å². The van der Waals surface area contributed by atoms with Crippen LogP contribution in [-0.4, -0.2) is 55.8 Å². The molecule has 2 aromatic heterocycles. The smallest absolute Gasteiger partial charge is 0.357 e. The summed E-state index contributed by atoms with van der Waals surface area (Å²) in [5.41, 5.74) is -0.00677. The maximum Gasteiger partial charge on any atom is 0.357 e. The second-order valence-corrected chi connectivity index (χ2v) is 5.05. The Labute approximate surface area is 115 Å². The molecule has 7 heteroatoms. The van der Waals surface area contributed by atoms with Crippen LogP contribution in [0, 0.1) is 0 Å². The fraction of sp³-hybridized carbons (Fsp3) is 0.462. The Bertz CT molecular complexity index is 690. The van der Waals surface area contributed by atoms with E-state index < -0.39 is 11.8 Å². The van der Waals surface area contributed by atoms with Crippen LogP contribution < -0.4 is 5.69 Å². The molecule has 1 N–H and O–H groups in total. The first kappa shape index (κ1) is 13.0. The second kappa shape index (κ2) is 5.18. The van der Waals surface area contributed by atoms with E-state index in [1.54, 1.807) is 24.4 Å². The van der Waals surface area contributed by atoms with Gasteiger partial charge in [0, 0.05) is 12.7 Å². The molecular formula is C13H16N4O3. The van der Waals surface area contributed by atoms with Gasteiger partial charge in [-0.05, 0) is 31.5 Å². The number of carbonyl (C=O) groups is 1. The van der Waals surface area contributed by atoms with E-state index in [1.165, 1.54) is 4.40 Å². The number of aliphatic hydroxyl groups excluding tert-OH is 1. The molecule has 1 aliphatic rings. The Hall–Kier alpha value is -1.99. The van der Waals surface area contributed by atoms with Crippen LogP contribution in [0.4, 0.5) is 0 Å². The van der Waals surface area contributed by atoms with Gasteiger partial charge in [0.1, 0.15) is 0 Å². The molecule has 0 aromatic carbocycles. The first-order valence-electron chi connectivity index (χ1n) is 6.65. The normalized spacial score (nSPS) is 20.4. The molecule has 0 aliphatic carbocycles. The van der Waals surface area contributed by atoms with Gasteiger partial charge in [0.15, 0.2) is 5.65 Å². The van der Waals surface area contributed by atoms with Crippen molar-refractivity contribution < 1.29 is 9.90 Å². The molecule has 1 aliphatic heterocycles. The van der Waals surface area contributed by atoms with Crippen LogP contribution in [0.2, 0.25) is 0 Å². The van der Waals surface area contributed by atoms with E-state index in [0.717, 1.165) is 24.1 Å². The van der Waals surface area contributed by atoms with Gasteiger partial charge in [-0.15, -0.1) is 9.78 Å². The quantitative estimate of drug-likeness (QED) is 0.807. The van der Waals surface area contributed by atoms with E-state index in [-0.39, 0.29) is 12.5 Å². The molecule has 20 heavy (non-hydrogen) atoms. The molecule has 0 bridgehead atoms. The van der Waals surface area contributed by atoms with Gasteiger partial charge < -0.3 is 5.11 Å². The minimum Gasteiger partial charge on any atom is -0.392 e. The van der Waals surface area contributed by atoms with E-state index in [2.05, 4.69) is 5.10 Å². The van der Waals surface area contributed by atoms with Crippen molar-refractivity contribution in [1.82, 2.24) is 19.1 Å². The third-order valence-corrected chi connectivity index (χ3v) is 3.50. The van der Waals surface area contributed by atoms with Crippen molar-refractivity contribution in [3.63, 3.8) is 0 Å². The third-order valence-electron chi connectivity index (χ3n) is 3.50. The zero-order chi connectivity index (χ0) is 14.1. The monoisotopic (exact) mass is 276 g/mol. The highest BCUT2D eigenvalue weighted by Crippen LogP contribution is 2.09. The second-order valence-electron chi connectivity index (χ2n) is 5.05. The summed E-state index contributed by atoms with van der Waals surface area (Å²) in [5.74, 6) is -0.368. The van der Waals surface area contributed by atoms with Gasteiger partial charge in [-0.2, -0.15) is 0 Å². The van der Waals surface area contributed by atoms with Gasteiger partial charge in [-0.3, -0.25) is 9.69 Å². The van der Waals surface area contributed by atoms with Crippen molar-refractivity contribution in [3.05, 3.63) is 34.9 Å². The number of nitrogens with zero attached hydrogens (tertiary/aromatic N) is 4. The van der Waals surface area contributed by atoms with E-state index in [4.69, 9.17) is 0 Å². The lowest BCUT2D eigenvalue weighted by Gasteiger charge is -2.28. The number of hydrogen-bond acceptors (Lipinski definition) is 5. The summed E-state index contributed by atoms with van der Waals surface area (Å²) in [5, 5.41) is 13.6. The molecule has 1 atom stereocenters. The predicted molar refractivity (Wildman–Crippen MR) is 71.8 cm³/mol. The highest BCUT2D eigenvalue weighted by molar-refractivity contribution is 5.80. The van der Waals surface area contributed by atoms with Gasteiger partial charge in [-0.1, -0.05) is 6.07 Å². The third kappa shape index (κ3) is 2.37. The Morgan fingerprint density at radius 2 is 2.30 bits per heavy atom. The Morgan fingerprint density at radius 3 is 3.05 bits per heavy atom. The van der Waals surface area contributed by atoms with Gasteiger partial charge >= 0.3 is 5.69 Å². The first-order chi connectivity index (χ1) is 9.65. The van der Waals surface area contributed by atoms with E-state index in [0.29, 0.717) is 12.2 Å². The largest absolute Gasteiger partial charge is 0.392 e. The molecule has 106 valence electrons. The van der Waals surface area contributed by atoms with Crippen LogP contribution in [0.15, 0.2) is 29.2 Å². The molecule has 0 radical (unpaired) electrons. The number of likely N-dealkylation sites (tertiary alicyclic amines) is 1. The van der Waals surface area contributed by atoms with Crippen LogP contribution in [0.1, 0.15) is 17.6 Å². The number of aromatic nitrogens is 3. The average molecular weight is 276 g/mol. The maximum atomic E-state index is 12.2. The molecule has 3 heterocycles. The topological polar surface area (TPSA) is 79.8 Å². The number of piperidine rings is 1. The number of hydrogen-bond donors (Lipinski definition) is 1. The highest BCUT2D eigenvalue weighted by Gasteiger charge is 2.22. The molecule has 1 fully saturated rings. The predicted octanol–water partition coefficient (Wildman–Crippen LogP) is -0.407. The van der Waals surface area contributed by atoms with Gasteiger partial charge in [0.25, 0.3) is 5.91 Å². The molecule has 0 saturated carbocycles. The Balaban J connectivity index is 1.82. The summed E-state index contributed by atoms with van der Waals surface area (Å²) in [6, 6.07) is 5.15. The van der Waals surface area contributed by atoms with Crippen molar-refractivity contribution in [2.75, 3.05) is 19.6 Å². The molecule has 0 spiro atoms. The molecular weight excluding hydrogens is 260 g/mol. The number of rotatable bonds is 2. The first-order valence-corrected chi connectivity index (χ1v) is 6.65. The van der Waals surface area contributed by atoms with Crippen LogP contribution in [-0.2, 0) is 0 Å². The van der Waals surface area contributed by atoms with Crippen molar-refractivity contribution in [2.24, 2.45) is 0 Å². The zero-order valence-corrected chi connectivity index (χ0v) is 11.0. The van der Waals surface area contributed by atoms with Crippen molar-refractivity contribution in [3.8, 4) is 0 Å². The molecule has 1 saturated heterocycles. The summed E-state index contributed by atoms with van der Waals surface area (Å²) in [6.45, 7) is 1.32. The molecule has 7 nitrogen and oxygen atoms in total. The fourth-order valence-corrected chi connectivity index (χ4v) is 2.52. The maximum absolute atomic E-state index is 12.2. The minimum atomic E-state index is -0.455. The SMILES string of the molecule is O=C(CN1CCC[C@H](O)C1)n1nc2ccccn2c1=O. The van der Waals surface area contributed by atoms with Gasteiger partial charge in [-0.25, -0.2) is 9.20 Å². The summed E-state index contributed by atoms with van der Waals surface area (Å²) < 4.78 is 2.24. The minimum absolute atomic E-state index is 0.0981. The number of carbonyl (C=O) groups excluding carboxylic acids is 1. The molecule has 2 aromatic rings. The standard InChI is InChI=1S/C13H16N4O3/c18-10-4-3-6-15(8-10)9-12(19)17-13(20)16-7-2-1-5-11(16)14-17/h1-2,5,7,10,18H,3-4,6,8-9H2/t10-/m0/s1. The van der Waals surface area contributed by atoms with E-state index in [1.807, 2.05) is 4.90 Å². The number of aliphatic hydroxyl groups is 1. The average Bonchev–Trinajstić information content (AvgIpc) is 2.77. The lowest BCUT2D eigenvalue weighted by Crippen LogP contribution is -2.44. The number of β-amino-alcohol motifs (C(OH)–C–C–N with tert-alkyl or cyclic N) is 1. The summed E-state index contributed by atoms with van der Waals surface area (Å²) >= 11 is 0. The molecule has 0 unspecified atom stereocenters. The number of pyridine rings is 1. The highest BCUT2D eigenvalue weighted by atomic mass is 16.3. The van der Waals surface area contributed by atoms with Crippen LogP contribution in [0.5, 0.6) is 0 Å². The van der Waals surface area contributed by atoms with Crippen LogP contribution >= 0.6 is 0 Å². The Kier molecular flexibility index (Phi) is 3.37. The zero-order valence-electron chi connectivity index (χ0n) is 11.0. The van der Waals surface area contributed by atoms with Crippen molar-refractivity contribution in [1.29, 1.82) is 0 Å². The summed E-state index contributed by atoms with van der Waals surface area (Å²) in [6.07, 6.45) is 2.81. The van der Waals surface area contributed by atoms with Crippen molar-refractivity contribution >= 4 is 11.6 Å². The lowest BCUT2D eigenvalue weighted by molar-refractivity contribution is 0.0580. The van der Waals surface area contributed by atoms with Crippen LogP contribution in [0.25, 0.3) is 5.65 Å². The summed E-state index contributed by atoms with van der Waals surface area (Å²) in [4.78, 5) is 26.1. The van der Waals surface area contributed by atoms with E-state index in [9.17, 15) is 14.7 Å².